The summed E-state index contributed by atoms with van der Waals surface area (Å²) in [6, 6.07) is 13.7. The molecule has 8 heteroatoms. The Labute approximate surface area is 199 Å². The zero-order valence-corrected chi connectivity index (χ0v) is 20.1. The summed E-state index contributed by atoms with van der Waals surface area (Å²) in [6.07, 6.45) is 3.70. The van der Waals surface area contributed by atoms with Crippen molar-refractivity contribution in [2.24, 2.45) is 5.92 Å². The highest BCUT2D eigenvalue weighted by atomic mass is 32.1. The summed E-state index contributed by atoms with van der Waals surface area (Å²) < 4.78 is 0. The average Bonchev–Trinajstić information content (AvgIpc) is 3.20. The number of carbonyl (C=O) groups is 1. The summed E-state index contributed by atoms with van der Waals surface area (Å²) in [5, 5.41) is 4.12. The Bertz CT molecular complexity index is 1060. The lowest BCUT2D eigenvalue weighted by Crippen LogP contribution is -2.38. The van der Waals surface area contributed by atoms with Crippen molar-refractivity contribution in [1.29, 1.82) is 0 Å². The number of pyridine rings is 1. The monoisotopic (exact) mass is 464 g/mol. The van der Waals surface area contributed by atoms with E-state index in [2.05, 4.69) is 58.5 Å². The predicted molar refractivity (Wildman–Crippen MR) is 134 cm³/mol. The van der Waals surface area contributed by atoms with Crippen LogP contribution in [-0.4, -0.2) is 59.4 Å². The second-order valence-electron chi connectivity index (χ2n) is 8.90. The molecule has 0 saturated carbocycles. The van der Waals surface area contributed by atoms with Gasteiger partial charge < -0.3 is 16.0 Å². The third-order valence-electron chi connectivity index (χ3n) is 5.91. The standard InChI is InChI=1S/C25H32N6OS/c1-30(2)16-22-23(33-25(29-22)19-6-4-3-5-7-19)17-31-12-9-18(10-13-31)15-28-24(32)21-14-20(26)8-11-27-21/h3-8,11,14,18H,9-10,12-13,15-17H2,1-2H3,(H2,26,27)(H,28,32). The van der Waals surface area contributed by atoms with Gasteiger partial charge >= 0.3 is 0 Å². The van der Waals surface area contributed by atoms with E-state index in [-0.39, 0.29) is 5.91 Å². The summed E-state index contributed by atoms with van der Waals surface area (Å²) in [7, 11) is 4.18. The fraction of sp³-hybridized carbons (Fsp3) is 0.400. The summed E-state index contributed by atoms with van der Waals surface area (Å²) in [5.41, 5.74) is 9.03. The lowest BCUT2D eigenvalue weighted by molar-refractivity contribution is 0.0930. The molecule has 7 nitrogen and oxygen atoms in total. The highest BCUT2D eigenvalue weighted by molar-refractivity contribution is 7.15. The Morgan fingerprint density at radius 2 is 1.97 bits per heavy atom. The van der Waals surface area contributed by atoms with E-state index in [4.69, 9.17) is 10.7 Å². The number of thiazole rings is 1. The molecule has 33 heavy (non-hydrogen) atoms. The molecule has 0 radical (unpaired) electrons. The van der Waals surface area contributed by atoms with Gasteiger partial charge in [-0.3, -0.25) is 14.7 Å². The molecule has 1 amide bonds. The van der Waals surface area contributed by atoms with Crippen LogP contribution in [0.5, 0.6) is 0 Å². The van der Waals surface area contributed by atoms with E-state index < -0.39 is 0 Å². The minimum Gasteiger partial charge on any atom is -0.399 e. The quantitative estimate of drug-likeness (QED) is 0.531. The van der Waals surface area contributed by atoms with Gasteiger partial charge in [0.1, 0.15) is 10.7 Å². The van der Waals surface area contributed by atoms with Gasteiger partial charge in [0.15, 0.2) is 0 Å². The van der Waals surface area contributed by atoms with Crippen LogP contribution >= 0.6 is 11.3 Å². The van der Waals surface area contributed by atoms with Crippen LogP contribution in [-0.2, 0) is 13.1 Å². The first-order chi connectivity index (χ1) is 16.0. The average molecular weight is 465 g/mol. The highest BCUT2D eigenvalue weighted by Crippen LogP contribution is 2.30. The number of nitrogens with one attached hydrogen (secondary N) is 1. The van der Waals surface area contributed by atoms with Gasteiger partial charge in [0, 0.05) is 42.0 Å². The molecule has 0 atom stereocenters. The first kappa shape index (κ1) is 23.4. The minimum absolute atomic E-state index is 0.156. The molecule has 0 unspecified atom stereocenters. The van der Waals surface area contributed by atoms with Gasteiger partial charge in [0.25, 0.3) is 5.91 Å². The summed E-state index contributed by atoms with van der Waals surface area (Å²) in [5.74, 6) is 0.324. The van der Waals surface area contributed by atoms with Crippen LogP contribution in [0.4, 0.5) is 5.69 Å². The molecule has 174 valence electrons. The van der Waals surface area contributed by atoms with E-state index in [1.165, 1.54) is 16.1 Å². The van der Waals surface area contributed by atoms with Gasteiger partial charge in [-0.1, -0.05) is 30.3 Å². The van der Waals surface area contributed by atoms with Gasteiger partial charge in [0.05, 0.1) is 5.69 Å². The van der Waals surface area contributed by atoms with Crippen molar-refractivity contribution in [3.05, 3.63) is 64.9 Å². The Morgan fingerprint density at radius 3 is 2.67 bits per heavy atom. The van der Waals surface area contributed by atoms with Crippen LogP contribution in [0, 0.1) is 5.92 Å². The molecule has 3 heterocycles. The van der Waals surface area contributed by atoms with E-state index >= 15 is 0 Å². The van der Waals surface area contributed by atoms with Crippen LogP contribution < -0.4 is 11.1 Å². The molecule has 1 aliphatic heterocycles. The molecule has 2 aromatic heterocycles. The van der Waals surface area contributed by atoms with Crippen molar-refractivity contribution in [3.8, 4) is 10.6 Å². The Hall–Kier alpha value is -2.81. The Balaban J connectivity index is 1.32. The van der Waals surface area contributed by atoms with E-state index in [0.29, 0.717) is 23.8 Å². The molecule has 1 saturated heterocycles. The zero-order valence-electron chi connectivity index (χ0n) is 19.3. The number of carbonyl (C=O) groups excluding carboxylic acids is 1. The lowest BCUT2D eigenvalue weighted by atomic mass is 9.96. The molecule has 0 spiro atoms. The molecule has 3 N–H and O–H groups in total. The van der Waals surface area contributed by atoms with Gasteiger partial charge in [-0.2, -0.15) is 0 Å². The minimum atomic E-state index is -0.156. The van der Waals surface area contributed by atoms with Crippen molar-refractivity contribution >= 4 is 22.9 Å². The predicted octanol–water partition coefficient (Wildman–Crippen LogP) is 3.49. The number of rotatable bonds is 8. The van der Waals surface area contributed by atoms with Gasteiger partial charge in [-0.15, -0.1) is 11.3 Å². The Morgan fingerprint density at radius 1 is 1.21 bits per heavy atom. The number of nitrogen functional groups attached to an aromatic ring is 1. The van der Waals surface area contributed by atoms with Gasteiger partial charge in [0.2, 0.25) is 0 Å². The largest absolute Gasteiger partial charge is 0.399 e. The number of nitrogens with zero attached hydrogens (tertiary/aromatic N) is 4. The van der Waals surface area contributed by atoms with E-state index in [9.17, 15) is 4.79 Å². The molecular formula is C25H32N6OS. The second-order valence-corrected chi connectivity index (χ2v) is 9.98. The molecule has 1 aliphatic rings. The topological polar surface area (TPSA) is 87.4 Å². The van der Waals surface area contributed by atoms with Crippen molar-refractivity contribution in [2.75, 3.05) is 39.5 Å². The van der Waals surface area contributed by atoms with Crippen LogP contribution in [0.15, 0.2) is 48.7 Å². The van der Waals surface area contributed by atoms with E-state index in [0.717, 1.165) is 44.0 Å². The number of anilines is 1. The molecule has 1 aromatic carbocycles. The first-order valence-electron chi connectivity index (χ1n) is 11.4. The normalized spacial score (nSPS) is 15.1. The summed E-state index contributed by atoms with van der Waals surface area (Å²) >= 11 is 1.81. The summed E-state index contributed by atoms with van der Waals surface area (Å²) in [6.45, 7) is 4.50. The van der Waals surface area contributed by atoms with Crippen LogP contribution in [0.1, 0.15) is 33.9 Å². The number of amides is 1. The van der Waals surface area contributed by atoms with Crippen LogP contribution in [0.2, 0.25) is 0 Å². The first-order valence-corrected chi connectivity index (χ1v) is 12.2. The maximum atomic E-state index is 12.3. The number of nitrogens with two attached hydrogens (primary N) is 1. The number of piperidine rings is 1. The van der Waals surface area contributed by atoms with E-state index in [1.807, 2.05) is 17.4 Å². The second kappa shape index (κ2) is 10.9. The van der Waals surface area contributed by atoms with Crippen LogP contribution in [0.25, 0.3) is 10.6 Å². The lowest BCUT2D eigenvalue weighted by Gasteiger charge is -2.31. The van der Waals surface area contributed by atoms with Crippen LogP contribution in [0.3, 0.4) is 0 Å². The van der Waals surface area contributed by atoms with Crippen molar-refractivity contribution < 1.29 is 4.79 Å². The smallest absolute Gasteiger partial charge is 0.269 e. The number of benzene rings is 1. The van der Waals surface area contributed by atoms with Gasteiger partial charge in [-0.25, -0.2) is 4.98 Å². The molecular weight excluding hydrogens is 432 g/mol. The molecule has 0 aliphatic carbocycles. The summed E-state index contributed by atoms with van der Waals surface area (Å²) in [4.78, 5) is 27.5. The Kier molecular flexibility index (Phi) is 7.69. The maximum Gasteiger partial charge on any atom is 0.269 e. The fourth-order valence-corrected chi connectivity index (χ4v) is 5.20. The SMILES string of the molecule is CN(C)Cc1nc(-c2ccccc2)sc1CN1CCC(CNC(=O)c2cc(N)ccn2)CC1. The van der Waals surface area contributed by atoms with Crippen molar-refractivity contribution in [2.45, 2.75) is 25.9 Å². The van der Waals surface area contributed by atoms with Crippen molar-refractivity contribution in [3.63, 3.8) is 0 Å². The number of likely N-dealkylation sites (tertiary alicyclic amines) is 1. The fourth-order valence-electron chi connectivity index (χ4n) is 4.08. The van der Waals surface area contributed by atoms with E-state index in [1.54, 1.807) is 18.3 Å². The number of hydrogen-bond donors (Lipinski definition) is 2. The molecule has 3 aromatic rings. The number of aromatic nitrogens is 2. The molecule has 4 rings (SSSR count). The maximum absolute atomic E-state index is 12.3. The molecule has 0 bridgehead atoms. The zero-order chi connectivity index (χ0) is 23.2. The van der Waals surface area contributed by atoms with Gasteiger partial charge in [-0.05, 0) is 58.1 Å². The highest BCUT2D eigenvalue weighted by Gasteiger charge is 2.22. The third kappa shape index (κ3) is 6.37. The van der Waals surface area contributed by atoms with Crippen molar-refractivity contribution in [1.82, 2.24) is 25.1 Å². The third-order valence-corrected chi connectivity index (χ3v) is 7.04. The number of hydrogen-bond acceptors (Lipinski definition) is 7. The molecule has 1 fully saturated rings.